The third-order valence-electron chi connectivity index (χ3n) is 6.16. The highest BCUT2D eigenvalue weighted by atomic mass is 35.5. The lowest BCUT2D eigenvalue weighted by molar-refractivity contribution is -0.113. The molecule has 1 aliphatic rings. The van der Waals surface area contributed by atoms with Gasteiger partial charge in [0.05, 0.1) is 5.57 Å². The molecule has 182 valence electrons. The number of hydrogen-bond acceptors (Lipinski definition) is 5. The SMILES string of the molecule is CC1=C(C(=O)Nc2ccc(C)cc2C)[C@H](c2cccc(OCc3ccc(Cl)cc3)c2)n2ncnc2N1. The van der Waals surface area contributed by atoms with E-state index in [1.165, 1.54) is 6.33 Å². The lowest BCUT2D eigenvalue weighted by Crippen LogP contribution is -2.31. The van der Waals surface area contributed by atoms with Gasteiger partial charge < -0.3 is 15.4 Å². The third-order valence-corrected chi connectivity index (χ3v) is 6.41. The first-order chi connectivity index (χ1) is 17.4. The van der Waals surface area contributed by atoms with Crippen LogP contribution in [-0.4, -0.2) is 20.7 Å². The zero-order chi connectivity index (χ0) is 25.2. The number of hydrogen-bond donors (Lipinski definition) is 2. The fourth-order valence-corrected chi connectivity index (χ4v) is 4.48. The predicted molar refractivity (Wildman–Crippen MR) is 141 cm³/mol. The number of benzene rings is 3. The Morgan fingerprint density at radius 2 is 1.89 bits per heavy atom. The van der Waals surface area contributed by atoms with Crippen LogP contribution in [0.3, 0.4) is 0 Å². The van der Waals surface area contributed by atoms with E-state index in [4.69, 9.17) is 16.3 Å². The first-order valence-corrected chi connectivity index (χ1v) is 12.0. The predicted octanol–water partition coefficient (Wildman–Crippen LogP) is 6.05. The van der Waals surface area contributed by atoms with Gasteiger partial charge in [0.15, 0.2) is 0 Å². The van der Waals surface area contributed by atoms with Gasteiger partial charge in [-0.15, -0.1) is 0 Å². The number of carbonyl (C=O) groups is 1. The molecule has 0 saturated carbocycles. The molecule has 0 aliphatic carbocycles. The van der Waals surface area contributed by atoms with E-state index in [0.29, 0.717) is 28.9 Å². The van der Waals surface area contributed by atoms with Crippen LogP contribution in [0, 0.1) is 13.8 Å². The van der Waals surface area contributed by atoms with Crippen LogP contribution < -0.4 is 15.4 Å². The Morgan fingerprint density at radius 1 is 1.08 bits per heavy atom. The number of anilines is 2. The molecule has 0 bridgehead atoms. The number of carbonyl (C=O) groups excluding carboxylic acids is 1. The molecule has 2 N–H and O–H groups in total. The Labute approximate surface area is 214 Å². The average molecular weight is 500 g/mol. The summed E-state index contributed by atoms with van der Waals surface area (Å²) < 4.78 is 7.78. The highest BCUT2D eigenvalue weighted by Crippen LogP contribution is 2.36. The summed E-state index contributed by atoms with van der Waals surface area (Å²) >= 11 is 5.99. The largest absolute Gasteiger partial charge is 0.489 e. The van der Waals surface area contributed by atoms with Crippen molar-refractivity contribution < 1.29 is 9.53 Å². The molecule has 1 aliphatic heterocycles. The highest BCUT2D eigenvalue weighted by molar-refractivity contribution is 6.30. The second-order valence-electron chi connectivity index (χ2n) is 8.85. The van der Waals surface area contributed by atoms with E-state index >= 15 is 0 Å². The molecule has 5 rings (SSSR count). The maximum atomic E-state index is 13.6. The van der Waals surface area contributed by atoms with Gasteiger partial charge in [0.25, 0.3) is 5.91 Å². The van der Waals surface area contributed by atoms with Crippen molar-refractivity contribution in [2.45, 2.75) is 33.4 Å². The lowest BCUT2D eigenvalue weighted by atomic mass is 9.94. The topological polar surface area (TPSA) is 81.1 Å². The van der Waals surface area contributed by atoms with Gasteiger partial charge in [0, 0.05) is 16.4 Å². The fourth-order valence-electron chi connectivity index (χ4n) is 4.36. The van der Waals surface area contributed by atoms with Gasteiger partial charge in [-0.2, -0.15) is 10.1 Å². The number of amides is 1. The van der Waals surface area contributed by atoms with Gasteiger partial charge in [-0.3, -0.25) is 4.79 Å². The summed E-state index contributed by atoms with van der Waals surface area (Å²) in [5.74, 6) is 1.06. The van der Waals surface area contributed by atoms with E-state index in [1.807, 2.05) is 87.5 Å². The minimum absolute atomic E-state index is 0.203. The molecule has 36 heavy (non-hydrogen) atoms. The van der Waals surface area contributed by atoms with Crippen LogP contribution in [0.15, 0.2) is 84.3 Å². The van der Waals surface area contributed by atoms with Crippen molar-refractivity contribution >= 4 is 29.1 Å². The summed E-state index contributed by atoms with van der Waals surface area (Å²) in [5, 5.41) is 11.4. The van der Waals surface area contributed by atoms with E-state index in [9.17, 15) is 4.79 Å². The summed E-state index contributed by atoms with van der Waals surface area (Å²) in [6.07, 6.45) is 1.48. The van der Waals surface area contributed by atoms with Crippen molar-refractivity contribution in [1.29, 1.82) is 0 Å². The number of allylic oxidation sites excluding steroid dienone is 1. The van der Waals surface area contributed by atoms with Crippen molar-refractivity contribution in [3.63, 3.8) is 0 Å². The minimum Gasteiger partial charge on any atom is -0.489 e. The van der Waals surface area contributed by atoms with E-state index in [2.05, 4.69) is 20.7 Å². The van der Waals surface area contributed by atoms with Crippen LogP contribution in [0.2, 0.25) is 5.02 Å². The van der Waals surface area contributed by atoms with Gasteiger partial charge in [-0.25, -0.2) is 4.68 Å². The standard InChI is InChI=1S/C28H26ClN5O2/c1-17-7-12-24(18(2)13-17)33-27(35)25-19(3)32-28-30-16-31-34(28)26(25)21-5-4-6-23(14-21)36-15-20-8-10-22(29)11-9-20/h4-14,16,26H,15H2,1-3H3,(H,33,35)(H,30,31,32)/t26-/m0/s1. The molecule has 1 aromatic heterocycles. The third kappa shape index (κ3) is 4.83. The zero-order valence-electron chi connectivity index (χ0n) is 20.2. The molecule has 1 atom stereocenters. The second kappa shape index (κ2) is 9.87. The molecule has 0 unspecified atom stereocenters. The summed E-state index contributed by atoms with van der Waals surface area (Å²) in [4.78, 5) is 18.0. The molecule has 2 heterocycles. The molecule has 3 aromatic carbocycles. The van der Waals surface area contributed by atoms with Crippen molar-refractivity contribution in [2.24, 2.45) is 0 Å². The minimum atomic E-state index is -0.478. The fraction of sp³-hybridized carbons (Fsp3) is 0.179. The van der Waals surface area contributed by atoms with E-state index in [1.54, 1.807) is 4.68 Å². The number of halogens is 1. The number of aromatic nitrogens is 3. The molecular weight excluding hydrogens is 474 g/mol. The van der Waals surface area contributed by atoms with Crippen LogP contribution in [0.1, 0.15) is 35.2 Å². The molecule has 8 heteroatoms. The number of aryl methyl sites for hydroxylation is 2. The van der Waals surface area contributed by atoms with Gasteiger partial charge in [-0.1, -0.05) is 53.6 Å². The highest BCUT2D eigenvalue weighted by Gasteiger charge is 2.33. The maximum Gasteiger partial charge on any atom is 0.255 e. The van der Waals surface area contributed by atoms with Gasteiger partial charge in [0.2, 0.25) is 5.95 Å². The summed E-state index contributed by atoms with van der Waals surface area (Å²) in [6, 6.07) is 20.7. The Bertz CT molecular complexity index is 1460. The van der Waals surface area contributed by atoms with Crippen LogP contribution in [0.25, 0.3) is 0 Å². The maximum absolute atomic E-state index is 13.6. The molecular formula is C28H26ClN5O2. The zero-order valence-corrected chi connectivity index (χ0v) is 21.0. The summed E-state index contributed by atoms with van der Waals surface area (Å²) in [7, 11) is 0. The molecule has 0 saturated heterocycles. The quantitative estimate of drug-likeness (QED) is 0.337. The molecule has 0 fully saturated rings. The van der Waals surface area contributed by atoms with Crippen LogP contribution in [0.4, 0.5) is 11.6 Å². The Morgan fingerprint density at radius 3 is 2.67 bits per heavy atom. The Hall–Kier alpha value is -4.10. The second-order valence-corrected chi connectivity index (χ2v) is 9.29. The van der Waals surface area contributed by atoms with Crippen molar-refractivity contribution in [1.82, 2.24) is 14.8 Å². The Kier molecular flexibility index (Phi) is 6.48. The summed E-state index contributed by atoms with van der Waals surface area (Å²) in [6.45, 7) is 6.29. The van der Waals surface area contributed by atoms with Crippen LogP contribution in [0.5, 0.6) is 5.75 Å². The summed E-state index contributed by atoms with van der Waals surface area (Å²) in [5.41, 5.74) is 6.06. The normalized spacial score (nSPS) is 14.7. The first-order valence-electron chi connectivity index (χ1n) is 11.6. The number of ether oxygens (including phenoxy) is 1. The molecule has 4 aromatic rings. The number of fused-ring (bicyclic) bond motifs is 1. The monoisotopic (exact) mass is 499 g/mol. The lowest BCUT2D eigenvalue weighted by Gasteiger charge is -2.29. The smallest absolute Gasteiger partial charge is 0.255 e. The molecule has 0 radical (unpaired) electrons. The number of nitrogens with one attached hydrogen (secondary N) is 2. The van der Waals surface area contributed by atoms with Crippen LogP contribution >= 0.6 is 11.6 Å². The van der Waals surface area contributed by atoms with Gasteiger partial charge in [0.1, 0.15) is 24.7 Å². The number of nitrogens with zero attached hydrogens (tertiary/aromatic N) is 3. The van der Waals surface area contributed by atoms with Crippen LogP contribution in [-0.2, 0) is 11.4 Å². The first kappa shape index (κ1) is 23.6. The van der Waals surface area contributed by atoms with Gasteiger partial charge >= 0.3 is 0 Å². The van der Waals surface area contributed by atoms with Crippen molar-refractivity contribution in [3.05, 3.63) is 112 Å². The number of rotatable bonds is 6. The molecule has 7 nitrogen and oxygen atoms in total. The molecule has 1 amide bonds. The van der Waals surface area contributed by atoms with Crippen molar-refractivity contribution in [2.75, 3.05) is 10.6 Å². The average Bonchev–Trinajstić information content (AvgIpc) is 3.32. The van der Waals surface area contributed by atoms with Gasteiger partial charge in [-0.05, 0) is 67.8 Å². The van der Waals surface area contributed by atoms with Crippen molar-refractivity contribution in [3.8, 4) is 5.75 Å². The van der Waals surface area contributed by atoms with E-state index < -0.39 is 6.04 Å². The van der Waals surface area contributed by atoms with E-state index in [-0.39, 0.29) is 5.91 Å². The van der Waals surface area contributed by atoms with E-state index in [0.717, 1.165) is 33.6 Å². The Balaban J connectivity index is 1.46. The molecule has 0 spiro atoms.